The number of nitrogens with zero attached hydrogens (tertiary/aromatic N) is 3. The Labute approximate surface area is 161 Å². The predicted molar refractivity (Wildman–Crippen MR) is 107 cm³/mol. The fourth-order valence-corrected chi connectivity index (χ4v) is 2.99. The smallest absolute Gasteiger partial charge is 0.255 e. The van der Waals surface area contributed by atoms with Gasteiger partial charge in [0.05, 0.1) is 11.8 Å². The molecule has 0 aliphatic carbocycles. The number of aromatic nitrogens is 2. The lowest BCUT2D eigenvalue weighted by Crippen LogP contribution is -2.16. The van der Waals surface area contributed by atoms with E-state index < -0.39 is 0 Å². The van der Waals surface area contributed by atoms with Crippen LogP contribution in [0.4, 0.5) is 5.82 Å². The molecule has 0 radical (unpaired) electrons. The molecule has 3 aromatic heterocycles. The van der Waals surface area contributed by atoms with Gasteiger partial charge < -0.3 is 10.2 Å². The Morgan fingerprint density at radius 1 is 1.14 bits per heavy atom. The third-order valence-electron chi connectivity index (χ3n) is 4.46. The van der Waals surface area contributed by atoms with Gasteiger partial charge >= 0.3 is 0 Å². The van der Waals surface area contributed by atoms with Gasteiger partial charge in [-0.1, -0.05) is 17.7 Å². The van der Waals surface area contributed by atoms with E-state index >= 15 is 0 Å². The monoisotopic (exact) mass is 368 g/mol. The number of pyridine rings is 2. The number of nitrogen functional groups attached to an aromatic ring is 1. The van der Waals surface area contributed by atoms with Crippen molar-refractivity contribution in [3.8, 4) is 34.3 Å². The second-order valence-electron chi connectivity index (χ2n) is 6.37. The molecular weight excluding hydrogens is 352 g/mol. The van der Waals surface area contributed by atoms with E-state index in [0.29, 0.717) is 17.0 Å². The molecule has 2 N–H and O–H groups in total. The molecule has 0 unspecified atom stereocenters. The van der Waals surface area contributed by atoms with E-state index in [4.69, 9.17) is 10.2 Å². The molecule has 0 amide bonds. The molecule has 4 aromatic rings. The van der Waals surface area contributed by atoms with E-state index in [1.165, 1.54) is 6.07 Å². The number of hydrogen-bond donors (Lipinski definition) is 1. The third kappa shape index (κ3) is 3.06. The Hall–Kier alpha value is -4.11. The number of rotatable bonds is 3. The molecule has 0 saturated heterocycles. The standard InChI is InChI=1S/C22H16N4O2/c1-14-4-7-17(8-5-14)26-13-15(6-9-20(26)27)18-11-16(12-23)22(24)25-21(18)19-3-2-10-28-19/h2-11,13H,1H3,(H2,24,25). The first kappa shape index (κ1) is 17.3. The van der Waals surface area contributed by atoms with Crippen molar-refractivity contribution < 1.29 is 4.42 Å². The first-order valence-corrected chi connectivity index (χ1v) is 8.61. The second kappa shape index (κ2) is 6.89. The average molecular weight is 368 g/mol. The zero-order chi connectivity index (χ0) is 19.7. The zero-order valence-electron chi connectivity index (χ0n) is 15.1. The lowest BCUT2D eigenvalue weighted by molar-refractivity contribution is 0.580. The zero-order valence-corrected chi connectivity index (χ0v) is 15.1. The molecule has 6 nitrogen and oxygen atoms in total. The highest BCUT2D eigenvalue weighted by atomic mass is 16.3. The fourth-order valence-electron chi connectivity index (χ4n) is 2.99. The number of aryl methyl sites for hydroxylation is 1. The maximum absolute atomic E-state index is 12.4. The highest BCUT2D eigenvalue weighted by molar-refractivity contribution is 5.81. The first-order valence-electron chi connectivity index (χ1n) is 8.61. The minimum absolute atomic E-state index is 0.129. The summed E-state index contributed by atoms with van der Waals surface area (Å²) in [6.45, 7) is 1.99. The normalized spacial score (nSPS) is 10.6. The van der Waals surface area contributed by atoms with Crippen LogP contribution < -0.4 is 11.3 Å². The molecule has 0 spiro atoms. The number of nitrogens with two attached hydrogens (primary N) is 1. The summed E-state index contributed by atoms with van der Waals surface area (Å²) in [5, 5.41) is 9.37. The van der Waals surface area contributed by atoms with E-state index in [1.807, 2.05) is 31.2 Å². The molecule has 0 saturated carbocycles. The summed E-state index contributed by atoms with van der Waals surface area (Å²) < 4.78 is 7.05. The molecule has 136 valence electrons. The number of hydrogen-bond acceptors (Lipinski definition) is 5. The van der Waals surface area contributed by atoms with Crippen molar-refractivity contribution in [1.29, 1.82) is 5.26 Å². The van der Waals surface area contributed by atoms with Crippen molar-refractivity contribution in [3.63, 3.8) is 0 Å². The summed E-state index contributed by atoms with van der Waals surface area (Å²) in [7, 11) is 0. The van der Waals surface area contributed by atoms with Crippen LogP contribution in [-0.2, 0) is 0 Å². The van der Waals surface area contributed by atoms with Gasteiger partial charge in [-0.25, -0.2) is 4.98 Å². The molecule has 28 heavy (non-hydrogen) atoms. The number of furan rings is 1. The molecule has 6 heteroatoms. The molecule has 0 aliphatic rings. The largest absolute Gasteiger partial charge is 0.463 e. The molecule has 1 aromatic carbocycles. The van der Waals surface area contributed by atoms with E-state index in [-0.39, 0.29) is 16.9 Å². The molecule has 3 heterocycles. The Kier molecular flexibility index (Phi) is 4.26. The van der Waals surface area contributed by atoms with Crippen LogP contribution in [0.15, 0.2) is 76.3 Å². The fraction of sp³-hybridized carbons (Fsp3) is 0.0455. The van der Waals surface area contributed by atoms with E-state index in [9.17, 15) is 10.1 Å². The Morgan fingerprint density at radius 2 is 1.93 bits per heavy atom. The van der Waals surface area contributed by atoms with Crippen molar-refractivity contribution in [1.82, 2.24) is 9.55 Å². The van der Waals surface area contributed by atoms with Gasteiger partial charge in [-0.2, -0.15) is 5.26 Å². The van der Waals surface area contributed by atoms with Crippen LogP contribution >= 0.6 is 0 Å². The van der Waals surface area contributed by atoms with Crippen LogP contribution in [0, 0.1) is 18.3 Å². The minimum Gasteiger partial charge on any atom is -0.463 e. The van der Waals surface area contributed by atoms with Gasteiger partial charge in [0.15, 0.2) is 5.76 Å². The summed E-state index contributed by atoms with van der Waals surface area (Å²) in [4.78, 5) is 16.8. The SMILES string of the molecule is Cc1ccc(-n2cc(-c3cc(C#N)c(N)nc3-c3ccco3)ccc2=O)cc1. The van der Waals surface area contributed by atoms with Crippen molar-refractivity contribution in [2.45, 2.75) is 6.92 Å². The first-order chi connectivity index (χ1) is 13.6. The topological polar surface area (TPSA) is 97.8 Å². The van der Waals surface area contributed by atoms with Crippen molar-refractivity contribution in [2.24, 2.45) is 0 Å². The maximum atomic E-state index is 12.4. The average Bonchev–Trinajstić information content (AvgIpc) is 3.24. The summed E-state index contributed by atoms with van der Waals surface area (Å²) in [6, 6.07) is 18.1. The predicted octanol–water partition coefficient (Wildman–Crippen LogP) is 3.92. The highest BCUT2D eigenvalue weighted by Gasteiger charge is 2.16. The summed E-state index contributed by atoms with van der Waals surface area (Å²) in [6.07, 6.45) is 3.27. The molecule has 0 bridgehead atoms. The van der Waals surface area contributed by atoms with Crippen molar-refractivity contribution >= 4 is 5.82 Å². The third-order valence-corrected chi connectivity index (χ3v) is 4.46. The number of benzene rings is 1. The lowest BCUT2D eigenvalue weighted by atomic mass is 10.0. The Balaban J connectivity index is 1.95. The van der Waals surface area contributed by atoms with Gasteiger partial charge in [-0.15, -0.1) is 0 Å². The number of anilines is 1. The lowest BCUT2D eigenvalue weighted by Gasteiger charge is -2.12. The minimum atomic E-state index is -0.156. The summed E-state index contributed by atoms with van der Waals surface area (Å²) in [5.41, 5.74) is 9.76. The van der Waals surface area contributed by atoms with Crippen LogP contribution in [0.3, 0.4) is 0 Å². The van der Waals surface area contributed by atoms with E-state index in [1.54, 1.807) is 41.3 Å². The number of nitriles is 1. The second-order valence-corrected chi connectivity index (χ2v) is 6.37. The van der Waals surface area contributed by atoms with Crippen LogP contribution in [0.1, 0.15) is 11.1 Å². The van der Waals surface area contributed by atoms with Crippen molar-refractivity contribution in [3.05, 3.63) is 88.5 Å². The Bertz CT molecular complexity index is 1250. The molecule has 4 rings (SSSR count). The molecule has 0 atom stereocenters. The van der Waals surface area contributed by atoms with Gasteiger partial charge in [0.2, 0.25) is 0 Å². The van der Waals surface area contributed by atoms with E-state index in [2.05, 4.69) is 11.1 Å². The van der Waals surface area contributed by atoms with Gasteiger partial charge in [0.25, 0.3) is 5.56 Å². The summed E-state index contributed by atoms with van der Waals surface area (Å²) >= 11 is 0. The van der Waals surface area contributed by atoms with Gasteiger partial charge in [0, 0.05) is 29.1 Å². The van der Waals surface area contributed by atoms with Gasteiger partial charge in [-0.05, 0) is 43.3 Å². The quantitative estimate of drug-likeness (QED) is 0.591. The van der Waals surface area contributed by atoms with Crippen LogP contribution in [0.5, 0.6) is 0 Å². The highest BCUT2D eigenvalue weighted by Crippen LogP contribution is 2.33. The Morgan fingerprint density at radius 3 is 2.61 bits per heavy atom. The molecule has 0 aliphatic heterocycles. The van der Waals surface area contributed by atoms with E-state index in [0.717, 1.165) is 16.8 Å². The maximum Gasteiger partial charge on any atom is 0.255 e. The summed E-state index contributed by atoms with van der Waals surface area (Å²) in [5.74, 6) is 0.656. The molecule has 0 fully saturated rings. The van der Waals surface area contributed by atoms with Crippen LogP contribution in [0.2, 0.25) is 0 Å². The van der Waals surface area contributed by atoms with Gasteiger partial charge in [-0.3, -0.25) is 9.36 Å². The molecular formula is C22H16N4O2. The van der Waals surface area contributed by atoms with Gasteiger partial charge in [0.1, 0.15) is 17.6 Å². The van der Waals surface area contributed by atoms with Crippen molar-refractivity contribution in [2.75, 3.05) is 5.73 Å². The van der Waals surface area contributed by atoms with Crippen LogP contribution in [0.25, 0.3) is 28.3 Å². The van der Waals surface area contributed by atoms with Crippen LogP contribution in [-0.4, -0.2) is 9.55 Å².